The van der Waals surface area contributed by atoms with E-state index in [0.29, 0.717) is 39.2 Å². The second kappa shape index (κ2) is 5.34. The minimum absolute atomic E-state index is 0.0407. The summed E-state index contributed by atoms with van der Waals surface area (Å²) >= 11 is 0. The Labute approximate surface area is 112 Å². The van der Waals surface area contributed by atoms with Gasteiger partial charge in [-0.15, -0.1) is 0 Å². The lowest BCUT2D eigenvalue weighted by atomic mass is 9.86. The van der Waals surface area contributed by atoms with Crippen molar-refractivity contribution in [2.75, 3.05) is 40.1 Å². The first kappa shape index (κ1) is 14.1. The molecule has 2 fully saturated rings. The largest absolute Gasteiger partial charge is 0.450 e. The van der Waals surface area contributed by atoms with E-state index in [4.69, 9.17) is 4.74 Å². The molecule has 0 aliphatic carbocycles. The van der Waals surface area contributed by atoms with Gasteiger partial charge < -0.3 is 19.6 Å². The molecule has 108 valence electrons. The van der Waals surface area contributed by atoms with Crippen LogP contribution in [0.4, 0.5) is 4.79 Å². The van der Waals surface area contributed by atoms with E-state index in [-0.39, 0.29) is 18.7 Å². The zero-order chi connectivity index (χ0) is 14.0. The van der Waals surface area contributed by atoms with Crippen LogP contribution in [0.5, 0.6) is 0 Å². The Morgan fingerprint density at radius 3 is 2.53 bits per heavy atom. The van der Waals surface area contributed by atoms with Crippen LogP contribution >= 0.6 is 0 Å². The summed E-state index contributed by atoms with van der Waals surface area (Å²) in [6.45, 7) is 3.33. The van der Waals surface area contributed by atoms with Gasteiger partial charge in [0.25, 0.3) is 0 Å². The Morgan fingerprint density at radius 2 is 2.05 bits per heavy atom. The fraction of sp³-hybridized carbons (Fsp3) is 0.833. The molecule has 2 aliphatic heterocycles. The van der Waals surface area contributed by atoms with Crippen LogP contribution in [-0.4, -0.2) is 77.5 Å². The van der Waals surface area contributed by atoms with Gasteiger partial charge in [0.15, 0.2) is 0 Å². The average Bonchev–Trinajstić information content (AvgIpc) is 2.65. The van der Waals surface area contributed by atoms with Crippen molar-refractivity contribution in [3.05, 3.63) is 0 Å². The van der Waals surface area contributed by atoms with Crippen LogP contribution in [0.15, 0.2) is 0 Å². The summed E-state index contributed by atoms with van der Waals surface area (Å²) in [5.74, 6) is -0.0407. The number of amides is 2. The van der Waals surface area contributed by atoms with E-state index in [1.165, 1.54) is 4.90 Å². The molecule has 2 rings (SSSR count). The normalized spacial score (nSPS) is 23.2. The van der Waals surface area contributed by atoms with E-state index in [0.717, 1.165) is 0 Å². The number of aliphatic hydroxyl groups is 1. The molecule has 1 spiro atoms. The maximum Gasteiger partial charge on any atom is 0.409 e. The Kier molecular flexibility index (Phi) is 3.96. The van der Waals surface area contributed by atoms with Crippen LogP contribution in [0.3, 0.4) is 0 Å². The lowest BCUT2D eigenvalue weighted by molar-refractivity contribution is -0.137. The molecule has 0 aromatic rings. The highest BCUT2D eigenvalue weighted by atomic mass is 16.6. The maximum atomic E-state index is 12.3. The summed E-state index contributed by atoms with van der Waals surface area (Å²) in [5, 5.41) is 9.17. The Morgan fingerprint density at radius 1 is 1.42 bits per heavy atom. The van der Waals surface area contributed by atoms with Crippen molar-refractivity contribution < 1.29 is 19.4 Å². The van der Waals surface area contributed by atoms with Gasteiger partial charge >= 0.3 is 6.09 Å². The van der Waals surface area contributed by atoms with Gasteiger partial charge in [-0.25, -0.2) is 4.79 Å². The smallest absolute Gasteiger partial charge is 0.409 e. The molecule has 7 heteroatoms. The third kappa shape index (κ3) is 2.28. The number of ether oxygens (including phenoxy) is 1. The van der Waals surface area contributed by atoms with Gasteiger partial charge in [0.2, 0.25) is 5.91 Å². The molecule has 0 radical (unpaired) electrons. The molecule has 1 N–H and O–H groups in total. The summed E-state index contributed by atoms with van der Waals surface area (Å²) in [7, 11) is 1.88. The summed E-state index contributed by atoms with van der Waals surface area (Å²) in [6, 6.07) is 0. The number of carbonyl (C=O) groups excluding carboxylic acids is 2. The average molecular weight is 271 g/mol. The van der Waals surface area contributed by atoms with E-state index in [1.54, 1.807) is 11.8 Å². The number of aliphatic hydroxyl groups excluding tert-OH is 1. The quantitative estimate of drug-likeness (QED) is 0.744. The maximum absolute atomic E-state index is 12.3. The predicted molar refractivity (Wildman–Crippen MR) is 67.1 cm³/mol. The number of piperidine rings is 1. The third-order valence-corrected chi connectivity index (χ3v) is 4.09. The molecule has 2 amide bonds. The van der Waals surface area contributed by atoms with Gasteiger partial charge in [0.05, 0.1) is 13.3 Å². The van der Waals surface area contributed by atoms with Crippen LogP contribution in [0.1, 0.15) is 19.8 Å². The summed E-state index contributed by atoms with van der Waals surface area (Å²) in [5.41, 5.74) is -0.564. The third-order valence-electron chi connectivity index (χ3n) is 4.09. The lowest BCUT2D eigenvalue weighted by Gasteiger charge is -2.40. The topological polar surface area (TPSA) is 73.3 Å². The van der Waals surface area contributed by atoms with E-state index >= 15 is 0 Å². The Balaban J connectivity index is 2.02. The molecule has 0 aromatic carbocycles. The number of nitrogens with zero attached hydrogens (tertiary/aromatic N) is 3. The van der Waals surface area contributed by atoms with Crippen molar-refractivity contribution in [3.63, 3.8) is 0 Å². The molecule has 0 atom stereocenters. The van der Waals surface area contributed by atoms with Gasteiger partial charge in [-0.1, -0.05) is 0 Å². The highest BCUT2D eigenvalue weighted by Crippen LogP contribution is 2.34. The number of hydrogen-bond donors (Lipinski definition) is 1. The number of carbonyl (C=O) groups is 2. The van der Waals surface area contributed by atoms with Crippen molar-refractivity contribution in [3.8, 4) is 0 Å². The van der Waals surface area contributed by atoms with Crippen molar-refractivity contribution in [2.24, 2.45) is 0 Å². The summed E-state index contributed by atoms with van der Waals surface area (Å²) < 4.78 is 4.97. The molecular formula is C12H21N3O4. The van der Waals surface area contributed by atoms with Gasteiger partial charge in [0, 0.05) is 13.1 Å². The number of rotatable bonds is 2. The Bertz CT molecular complexity index is 366. The SMILES string of the molecule is CCOC(=O)N1CCC2(CC1)C(=O)N(CO)CN2C. The van der Waals surface area contributed by atoms with Gasteiger partial charge in [0.1, 0.15) is 12.3 Å². The lowest BCUT2D eigenvalue weighted by Crippen LogP contribution is -2.56. The van der Waals surface area contributed by atoms with Crippen molar-refractivity contribution in [1.29, 1.82) is 0 Å². The predicted octanol–water partition coefficient (Wildman–Crippen LogP) is -0.341. The van der Waals surface area contributed by atoms with Crippen molar-refractivity contribution >= 4 is 12.0 Å². The van der Waals surface area contributed by atoms with Crippen LogP contribution < -0.4 is 0 Å². The molecular weight excluding hydrogens is 250 g/mol. The minimum Gasteiger partial charge on any atom is -0.450 e. The highest BCUT2D eigenvalue weighted by molar-refractivity contribution is 5.88. The number of likely N-dealkylation sites (N-methyl/N-ethyl adjacent to an activating group) is 1. The fourth-order valence-corrected chi connectivity index (χ4v) is 2.89. The molecule has 0 aromatic heterocycles. The molecule has 0 saturated carbocycles. The molecule has 2 aliphatic rings. The second-order valence-electron chi connectivity index (χ2n) is 5.04. The van der Waals surface area contributed by atoms with Crippen molar-refractivity contribution in [1.82, 2.24) is 14.7 Å². The van der Waals surface area contributed by atoms with Crippen molar-refractivity contribution in [2.45, 2.75) is 25.3 Å². The minimum atomic E-state index is -0.564. The van der Waals surface area contributed by atoms with Crippen LogP contribution in [0.25, 0.3) is 0 Å². The number of likely N-dealkylation sites (tertiary alicyclic amines) is 1. The van der Waals surface area contributed by atoms with Crippen LogP contribution in [-0.2, 0) is 9.53 Å². The first-order chi connectivity index (χ1) is 9.05. The molecule has 19 heavy (non-hydrogen) atoms. The van der Waals surface area contributed by atoms with E-state index in [2.05, 4.69) is 0 Å². The van der Waals surface area contributed by atoms with E-state index < -0.39 is 5.54 Å². The summed E-state index contributed by atoms with van der Waals surface area (Å²) in [6.07, 6.45) is 0.847. The summed E-state index contributed by atoms with van der Waals surface area (Å²) in [4.78, 5) is 29.0. The highest BCUT2D eigenvalue weighted by Gasteiger charge is 2.52. The van der Waals surface area contributed by atoms with Crippen LogP contribution in [0.2, 0.25) is 0 Å². The van der Waals surface area contributed by atoms with Gasteiger partial charge in [-0.2, -0.15) is 0 Å². The number of hydrogen-bond acceptors (Lipinski definition) is 5. The first-order valence-corrected chi connectivity index (χ1v) is 6.58. The fourth-order valence-electron chi connectivity index (χ4n) is 2.89. The monoisotopic (exact) mass is 271 g/mol. The van der Waals surface area contributed by atoms with Gasteiger partial charge in [-0.05, 0) is 26.8 Å². The molecule has 0 unspecified atom stereocenters. The van der Waals surface area contributed by atoms with Crippen LogP contribution in [0, 0.1) is 0 Å². The van der Waals surface area contributed by atoms with E-state index in [1.807, 2.05) is 11.9 Å². The molecule has 7 nitrogen and oxygen atoms in total. The standard InChI is InChI=1S/C12H21N3O4/c1-3-19-11(18)14-6-4-12(5-7-14)10(17)15(9-16)8-13(12)2/h16H,3-9H2,1-2H3. The molecule has 2 saturated heterocycles. The first-order valence-electron chi connectivity index (χ1n) is 6.58. The molecule has 0 bridgehead atoms. The second-order valence-corrected chi connectivity index (χ2v) is 5.04. The Hall–Kier alpha value is -1.34. The van der Waals surface area contributed by atoms with E-state index in [9.17, 15) is 14.7 Å². The zero-order valence-electron chi connectivity index (χ0n) is 11.5. The zero-order valence-corrected chi connectivity index (χ0v) is 11.5. The van der Waals surface area contributed by atoms with Gasteiger partial charge in [-0.3, -0.25) is 9.69 Å². The molecule has 2 heterocycles.